The van der Waals surface area contributed by atoms with E-state index in [1.54, 1.807) is 6.20 Å². The quantitative estimate of drug-likeness (QED) is 0.753. The zero-order valence-corrected chi connectivity index (χ0v) is 10.2. The van der Waals surface area contributed by atoms with Crippen LogP contribution >= 0.6 is 10.7 Å². The van der Waals surface area contributed by atoms with E-state index in [2.05, 4.69) is 4.98 Å². The number of aryl methyl sites for hydroxylation is 1. The van der Waals surface area contributed by atoms with Gasteiger partial charge in [-0.2, -0.15) is 0 Å². The summed E-state index contributed by atoms with van der Waals surface area (Å²) in [5.41, 5.74) is 0.866. The molecule has 1 heterocycles. The van der Waals surface area contributed by atoms with Gasteiger partial charge in [0.05, 0.1) is 5.75 Å². The Labute approximate surface area is 94.3 Å². The van der Waals surface area contributed by atoms with Gasteiger partial charge in [0.15, 0.2) is 0 Å². The van der Waals surface area contributed by atoms with Crippen molar-refractivity contribution >= 4 is 25.6 Å². The highest BCUT2D eigenvalue weighted by molar-refractivity contribution is 8.13. The number of aromatic nitrogens is 1. The Hall–Kier alpha value is -0.810. The largest absolute Gasteiger partial charge is 0.363 e. The molecule has 84 valence electrons. The predicted molar refractivity (Wildman–Crippen MR) is 61.9 cm³/mol. The van der Waals surface area contributed by atoms with Crippen LogP contribution in [0.3, 0.4) is 0 Å². The molecule has 0 atom stereocenters. The lowest BCUT2D eigenvalue weighted by Crippen LogP contribution is -2.10. The third-order valence-corrected chi connectivity index (χ3v) is 3.06. The molecular formula is C9H13ClN2O2S. The van der Waals surface area contributed by atoms with Crippen LogP contribution in [0.4, 0.5) is 5.82 Å². The van der Waals surface area contributed by atoms with E-state index in [1.807, 2.05) is 31.1 Å². The van der Waals surface area contributed by atoms with Gasteiger partial charge in [-0.15, -0.1) is 0 Å². The molecular weight excluding hydrogens is 236 g/mol. The Bertz CT molecular complexity index is 414. The molecule has 1 aromatic heterocycles. The van der Waals surface area contributed by atoms with Crippen molar-refractivity contribution < 1.29 is 8.42 Å². The number of anilines is 1. The molecule has 0 aliphatic carbocycles. The van der Waals surface area contributed by atoms with Crippen LogP contribution < -0.4 is 4.90 Å². The maximum absolute atomic E-state index is 10.7. The van der Waals surface area contributed by atoms with Gasteiger partial charge >= 0.3 is 0 Å². The number of pyridine rings is 1. The molecule has 15 heavy (non-hydrogen) atoms. The van der Waals surface area contributed by atoms with Gasteiger partial charge in [-0.05, 0) is 18.1 Å². The van der Waals surface area contributed by atoms with Crippen molar-refractivity contribution in [2.75, 3.05) is 24.7 Å². The van der Waals surface area contributed by atoms with E-state index < -0.39 is 9.05 Å². The van der Waals surface area contributed by atoms with E-state index >= 15 is 0 Å². The van der Waals surface area contributed by atoms with Gasteiger partial charge in [0.1, 0.15) is 5.82 Å². The first kappa shape index (κ1) is 12.3. The summed E-state index contributed by atoms with van der Waals surface area (Å²) in [6, 6.07) is 3.70. The van der Waals surface area contributed by atoms with E-state index in [4.69, 9.17) is 10.7 Å². The van der Waals surface area contributed by atoms with E-state index in [0.717, 1.165) is 11.4 Å². The summed E-state index contributed by atoms with van der Waals surface area (Å²) < 4.78 is 21.4. The summed E-state index contributed by atoms with van der Waals surface area (Å²) in [6.07, 6.45) is 2.06. The molecule has 0 unspecified atom stereocenters. The molecule has 1 rings (SSSR count). The molecule has 4 nitrogen and oxygen atoms in total. The van der Waals surface area contributed by atoms with Gasteiger partial charge in [0.2, 0.25) is 9.05 Å². The second kappa shape index (κ2) is 4.81. The molecule has 0 spiro atoms. The summed E-state index contributed by atoms with van der Waals surface area (Å²) in [7, 11) is 5.48. The van der Waals surface area contributed by atoms with Crippen molar-refractivity contribution in [3.63, 3.8) is 0 Å². The summed E-state index contributed by atoms with van der Waals surface area (Å²) >= 11 is 0. The first-order valence-electron chi connectivity index (χ1n) is 4.43. The smallest absolute Gasteiger partial charge is 0.232 e. The Kier molecular flexibility index (Phi) is 3.93. The Balaban J connectivity index is 2.65. The van der Waals surface area contributed by atoms with Gasteiger partial charge in [-0.1, -0.05) is 6.07 Å². The molecule has 1 aromatic rings. The number of halogens is 1. The topological polar surface area (TPSA) is 50.3 Å². The molecule has 6 heteroatoms. The van der Waals surface area contributed by atoms with Crippen LogP contribution in [0.15, 0.2) is 18.3 Å². The fourth-order valence-corrected chi connectivity index (χ4v) is 1.78. The van der Waals surface area contributed by atoms with E-state index in [-0.39, 0.29) is 5.75 Å². The fourth-order valence-electron chi connectivity index (χ4n) is 1.07. The van der Waals surface area contributed by atoms with Crippen molar-refractivity contribution in [2.45, 2.75) is 6.42 Å². The zero-order valence-electron chi connectivity index (χ0n) is 8.64. The van der Waals surface area contributed by atoms with Gasteiger partial charge in [-0.3, -0.25) is 0 Å². The lowest BCUT2D eigenvalue weighted by molar-refractivity contribution is 0.609. The lowest BCUT2D eigenvalue weighted by Gasteiger charge is -2.10. The highest BCUT2D eigenvalue weighted by atomic mass is 35.7. The first-order chi connectivity index (χ1) is 6.88. The fraction of sp³-hybridized carbons (Fsp3) is 0.444. The van der Waals surface area contributed by atoms with Crippen molar-refractivity contribution in [2.24, 2.45) is 0 Å². The minimum Gasteiger partial charge on any atom is -0.363 e. The highest BCUT2D eigenvalue weighted by Gasteiger charge is 2.06. The second-order valence-electron chi connectivity index (χ2n) is 3.41. The van der Waals surface area contributed by atoms with E-state index in [1.165, 1.54) is 0 Å². The molecule has 0 saturated carbocycles. The minimum absolute atomic E-state index is 0.0580. The van der Waals surface area contributed by atoms with Crippen LogP contribution in [0.5, 0.6) is 0 Å². The molecule has 0 bridgehead atoms. The number of rotatable bonds is 4. The second-order valence-corrected chi connectivity index (χ2v) is 6.31. The molecule has 0 fully saturated rings. The van der Waals surface area contributed by atoms with Crippen molar-refractivity contribution in [1.82, 2.24) is 4.98 Å². The molecule has 0 amide bonds. The van der Waals surface area contributed by atoms with Gasteiger partial charge in [0, 0.05) is 31.0 Å². The number of nitrogens with zero attached hydrogens (tertiary/aromatic N) is 2. The average molecular weight is 249 g/mol. The van der Waals surface area contributed by atoms with Crippen LogP contribution in [0.2, 0.25) is 0 Å². The average Bonchev–Trinajstić information content (AvgIpc) is 2.14. The third kappa shape index (κ3) is 4.48. The van der Waals surface area contributed by atoms with Crippen molar-refractivity contribution in [1.29, 1.82) is 0 Å². The van der Waals surface area contributed by atoms with Gasteiger partial charge in [-0.25, -0.2) is 13.4 Å². The number of hydrogen-bond acceptors (Lipinski definition) is 4. The Morgan fingerprint density at radius 3 is 2.47 bits per heavy atom. The summed E-state index contributed by atoms with van der Waals surface area (Å²) in [5.74, 6) is 0.782. The molecule has 0 radical (unpaired) electrons. The van der Waals surface area contributed by atoms with Gasteiger partial charge in [0.25, 0.3) is 0 Å². The monoisotopic (exact) mass is 248 g/mol. The Morgan fingerprint density at radius 2 is 2.07 bits per heavy atom. The standard InChI is InChI=1S/C9H13ClN2O2S/c1-12(2)9-4-3-8(7-11-9)5-6-15(10,13)14/h3-4,7H,5-6H2,1-2H3. The predicted octanol–water partition coefficient (Wildman–Crippen LogP) is 1.26. The van der Waals surface area contributed by atoms with Crippen LogP contribution in [0.25, 0.3) is 0 Å². The highest BCUT2D eigenvalue weighted by Crippen LogP contribution is 2.09. The van der Waals surface area contributed by atoms with Crippen molar-refractivity contribution in [3.8, 4) is 0 Å². The number of hydrogen-bond donors (Lipinski definition) is 0. The van der Waals surface area contributed by atoms with Crippen LogP contribution in [-0.4, -0.2) is 33.2 Å². The minimum atomic E-state index is -3.41. The van der Waals surface area contributed by atoms with Crippen molar-refractivity contribution in [3.05, 3.63) is 23.9 Å². The van der Waals surface area contributed by atoms with Crippen LogP contribution in [-0.2, 0) is 15.5 Å². The summed E-state index contributed by atoms with van der Waals surface area (Å²) in [6.45, 7) is 0. The molecule has 0 saturated heterocycles. The Morgan fingerprint density at radius 1 is 1.40 bits per heavy atom. The zero-order chi connectivity index (χ0) is 11.5. The van der Waals surface area contributed by atoms with Gasteiger partial charge < -0.3 is 4.90 Å². The summed E-state index contributed by atoms with van der Waals surface area (Å²) in [4.78, 5) is 6.04. The molecule has 0 aromatic carbocycles. The normalized spacial score (nSPS) is 11.4. The van der Waals surface area contributed by atoms with Crippen LogP contribution in [0, 0.1) is 0 Å². The maximum atomic E-state index is 10.7. The lowest BCUT2D eigenvalue weighted by atomic mass is 10.2. The molecule has 0 N–H and O–H groups in total. The SMILES string of the molecule is CN(C)c1ccc(CCS(=O)(=O)Cl)cn1. The van der Waals surface area contributed by atoms with Crippen LogP contribution in [0.1, 0.15) is 5.56 Å². The maximum Gasteiger partial charge on any atom is 0.232 e. The third-order valence-electron chi connectivity index (χ3n) is 1.90. The van der Waals surface area contributed by atoms with E-state index in [0.29, 0.717) is 6.42 Å². The molecule has 0 aliphatic heterocycles. The first-order valence-corrected chi connectivity index (χ1v) is 6.91. The van der Waals surface area contributed by atoms with E-state index in [9.17, 15) is 8.42 Å². The molecule has 0 aliphatic rings. The summed E-state index contributed by atoms with van der Waals surface area (Å²) in [5, 5.41) is 0.